The molecule has 0 radical (unpaired) electrons. The lowest BCUT2D eigenvalue weighted by Crippen LogP contribution is -2.49. The van der Waals surface area contributed by atoms with Crippen molar-refractivity contribution < 1.29 is 0 Å². The van der Waals surface area contributed by atoms with Crippen molar-refractivity contribution in [2.24, 2.45) is 17.1 Å². The highest BCUT2D eigenvalue weighted by molar-refractivity contribution is 4.89. The molecule has 0 aromatic heterocycles. The van der Waals surface area contributed by atoms with E-state index < -0.39 is 0 Å². The van der Waals surface area contributed by atoms with Gasteiger partial charge in [0, 0.05) is 19.1 Å². The fraction of sp³-hybridized carbons (Fsp3) is 1.00. The number of likely N-dealkylation sites (tertiary alicyclic amines) is 1. The molecule has 0 aromatic rings. The van der Waals surface area contributed by atoms with Crippen molar-refractivity contribution in [2.75, 3.05) is 40.3 Å². The largest absolute Gasteiger partial charge is 0.329 e. The van der Waals surface area contributed by atoms with Gasteiger partial charge in [0.2, 0.25) is 0 Å². The number of piperidine rings is 1. The Bertz CT molecular complexity index is 212. The highest BCUT2D eigenvalue weighted by atomic mass is 15.2. The van der Waals surface area contributed by atoms with E-state index in [4.69, 9.17) is 5.73 Å². The number of rotatable bonds is 4. The molecule has 2 N–H and O–H groups in total. The van der Waals surface area contributed by atoms with Crippen molar-refractivity contribution in [3.05, 3.63) is 0 Å². The number of nitrogens with zero attached hydrogens (tertiary/aromatic N) is 2. The van der Waals surface area contributed by atoms with Crippen molar-refractivity contribution in [1.82, 2.24) is 9.80 Å². The van der Waals surface area contributed by atoms with Gasteiger partial charge in [0.05, 0.1) is 0 Å². The molecule has 0 aliphatic carbocycles. The molecule has 102 valence electrons. The van der Waals surface area contributed by atoms with E-state index in [1.54, 1.807) is 0 Å². The minimum atomic E-state index is 0.365. The minimum absolute atomic E-state index is 0.365. The Kier molecular flexibility index (Phi) is 5.42. The summed E-state index contributed by atoms with van der Waals surface area (Å²) in [7, 11) is 4.45. The van der Waals surface area contributed by atoms with Gasteiger partial charge < -0.3 is 15.5 Å². The molecule has 17 heavy (non-hydrogen) atoms. The number of hydrogen-bond acceptors (Lipinski definition) is 3. The Labute approximate surface area is 107 Å². The van der Waals surface area contributed by atoms with E-state index in [9.17, 15) is 0 Å². The lowest BCUT2D eigenvalue weighted by atomic mass is 9.74. The van der Waals surface area contributed by atoms with Crippen LogP contribution in [0.25, 0.3) is 0 Å². The van der Waals surface area contributed by atoms with Crippen molar-refractivity contribution in [3.63, 3.8) is 0 Å². The monoisotopic (exact) mass is 241 g/mol. The Morgan fingerprint density at radius 3 is 2.12 bits per heavy atom. The van der Waals surface area contributed by atoms with E-state index >= 15 is 0 Å². The summed E-state index contributed by atoms with van der Waals surface area (Å²) in [5.41, 5.74) is 5.99. The number of hydrogen-bond donors (Lipinski definition) is 1. The molecule has 1 unspecified atom stereocenters. The molecule has 0 aromatic carbocycles. The lowest BCUT2D eigenvalue weighted by Gasteiger charge is -2.45. The van der Waals surface area contributed by atoms with E-state index in [0.717, 1.165) is 19.0 Å². The second-order valence-electron chi connectivity index (χ2n) is 6.74. The molecule has 1 saturated heterocycles. The van der Waals surface area contributed by atoms with Crippen LogP contribution in [0.1, 0.15) is 33.6 Å². The molecule has 0 saturated carbocycles. The first-order chi connectivity index (χ1) is 7.86. The van der Waals surface area contributed by atoms with Gasteiger partial charge in [-0.3, -0.25) is 0 Å². The molecule has 3 heteroatoms. The highest BCUT2D eigenvalue weighted by Gasteiger charge is 2.35. The third-order valence-electron chi connectivity index (χ3n) is 3.97. The first-order valence-corrected chi connectivity index (χ1v) is 6.95. The van der Waals surface area contributed by atoms with Crippen molar-refractivity contribution in [1.29, 1.82) is 0 Å². The maximum Gasteiger partial charge on any atom is 0.0167 e. The van der Waals surface area contributed by atoms with Crippen LogP contribution in [-0.2, 0) is 0 Å². The topological polar surface area (TPSA) is 32.5 Å². The Hall–Kier alpha value is -0.120. The minimum Gasteiger partial charge on any atom is -0.329 e. The second kappa shape index (κ2) is 6.17. The summed E-state index contributed by atoms with van der Waals surface area (Å²) in [4.78, 5) is 4.93. The first kappa shape index (κ1) is 14.9. The highest BCUT2D eigenvalue weighted by Crippen LogP contribution is 2.34. The van der Waals surface area contributed by atoms with Gasteiger partial charge in [0.25, 0.3) is 0 Å². The van der Waals surface area contributed by atoms with Crippen LogP contribution in [0.5, 0.6) is 0 Å². The Morgan fingerprint density at radius 1 is 1.24 bits per heavy atom. The van der Waals surface area contributed by atoms with Crippen molar-refractivity contribution >= 4 is 0 Å². The molecule has 3 nitrogen and oxygen atoms in total. The molecular weight excluding hydrogens is 210 g/mol. The second-order valence-corrected chi connectivity index (χ2v) is 6.74. The van der Waals surface area contributed by atoms with Crippen LogP contribution in [-0.4, -0.2) is 56.1 Å². The van der Waals surface area contributed by atoms with Crippen LogP contribution in [0.3, 0.4) is 0 Å². The molecule has 1 aliphatic heterocycles. The van der Waals surface area contributed by atoms with Gasteiger partial charge in [-0.05, 0) is 51.4 Å². The molecule has 1 heterocycles. The quantitative estimate of drug-likeness (QED) is 0.812. The van der Waals surface area contributed by atoms with Crippen LogP contribution in [0.4, 0.5) is 0 Å². The summed E-state index contributed by atoms with van der Waals surface area (Å²) in [6, 6.07) is 0.683. The standard InChI is InChI=1S/C14H31N3/c1-14(2,3)13(16(4)5)12-6-9-17(10-7-12)11-8-15/h12-13H,6-11,15H2,1-5H3. The average Bonchev–Trinajstić information content (AvgIpc) is 2.18. The van der Waals surface area contributed by atoms with Gasteiger partial charge in [-0.25, -0.2) is 0 Å². The third kappa shape index (κ3) is 4.23. The van der Waals surface area contributed by atoms with Gasteiger partial charge in [0.1, 0.15) is 0 Å². The maximum atomic E-state index is 5.62. The van der Waals surface area contributed by atoms with Gasteiger partial charge in [-0.1, -0.05) is 20.8 Å². The van der Waals surface area contributed by atoms with E-state index in [1.807, 2.05) is 0 Å². The number of nitrogens with two attached hydrogens (primary N) is 1. The van der Waals surface area contributed by atoms with E-state index in [-0.39, 0.29) is 0 Å². The lowest BCUT2D eigenvalue weighted by molar-refractivity contribution is 0.0517. The zero-order valence-corrected chi connectivity index (χ0v) is 12.4. The molecule has 1 rings (SSSR count). The smallest absolute Gasteiger partial charge is 0.0167 e. The van der Waals surface area contributed by atoms with Crippen molar-refractivity contribution in [3.8, 4) is 0 Å². The molecule has 1 fully saturated rings. The fourth-order valence-electron chi connectivity index (χ4n) is 3.58. The van der Waals surface area contributed by atoms with Crippen LogP contribution in [0.2, 0.25) is 0 Å². The van der Waals surface area contributed by atoms with Crippen LogP contribution < -0.4 is 5.73 Å². The summed E-state index contributed by atoms with van der Waals surface area (Å²) >= 11 is 0. The summed E-state index contributed by atoms with van der Waals surface area (Å²) in [5, 5.41) is 0. The molecule has 1 aliphatic rings. The Balaban J connectivity index is 2.56. The summed E-state index contributed by atoms with van der Waals surface area (Å²) < 4.78 is 0. The molecular formula is C14H31N3. The summed E-state index contributed by atoms with van der Waals surface area (Å²) in [6.45, 7) is 11.4. The average molecular weight is 241 g/mol. The van der Waals surface area contributed by atoms with Crippen LogP contribution >= 0.6 is 0 Å². The predicted molar refractivity (Wildman–Crippen MR) is 75.1 cm³/mol. The summed E-state index contributed by atoms with van der Waals surface area (Å²) in [5.74, 6) is 0.832. The van der Waals surface area contributed by atoms with E-state index in [2.05, 4.69) is 44.7 Å². The zero-order chi connectivity index (χ0) is 13.1. The summed E-state index contributed by atoms with van der Waals surface area (Å²) in [6.07, 6.45) is 2.64. The third-order valence-corrected chi connectivity index (χ3v) is 3.97. The molecule has 0 amide bonds. The first-order valence-electron chi connectivity index (χ1n) is 6.95. The molecule has 1 atom stereocenters. The van der Waals surface area contributed by atoms with E-state index in [1.165, 1.54) is 25.9 Å². The SMILES string of the molecule is CN(C)C(C1CCN(CCN)CC1)C(C)(C)C. The molecule has 0 spiro atoms. The normalized spacial score (nSPS) is 22.1. The maximum absolute atomic E-state index is 5.62. The zero-order valence-electron chi connectivity index (χ0n) is 12.4. The van der Waals surface area contributed by atoms with Crippen LogP contribution in [0, 0.1) is 11.3 Å². The van der Waals surface area contributed by atoms with Crippen molar-refractivity contribution in [2.45, 2.75) is 39.7 Å². The van der Waals surface area contributed by atoms with Crippen LogP contribution in [0.15, 0.2) is 0 Å². The van der Waals surface area contributed by atoms with Gasteiger partial charge >= 0.3 is 0 Å². The van der Waals surface area contributed by atoms with Gasteiger partial charge in [0.15, 0.2) is 0 Å². The van der Waals surface area contributed by atoms with E-state index in [0.29, 0.717) is 11.5 Å². The van der Waals surface area contributed by atoms with Gasteiger partial charge in [-0.2, -0.15) is 0 Å². The van der Waals surface area contributed by atoms with Gasteiger partial charge in [-0.15, -0.1) is 0 Å². The fourth-order valence-corrected chi connectivity index (χ4v) is 3.58. The molecule has 0 bridgehead atoms. The Morgan fingerprint density at radius 2 is 1.76 bits per heavy atom. The predicted octanol–water partition coefficient (Wildman–Crippen LogP) is 1.63.